The van der Waals surface area contributed by atoms with Crippen molar-refractivity contribution < 1.29 is 4.79 Å². The highest BCUT2D eigenvalue weighted by Crippen LogP contribution is 2.32. The molecular formula is C19H28OS. The van der Waals surface area contributed by atoms with Crippen LogP contribution in [0.4, 0.5) is 0 Å². The lowest BCUT2D eigenvalue weighted by atomic mass is 10.0. The van der Waals surface area contributed by atoms with Gasteiger partial charge in [0.1, 0.15) is 0 Å². The molecule has 21 heavy (non-hydrogen) atoms. The van der Waals surface area contributed by atoms with Crippen LogP contribution in [0.5, 0.6) is 0 Å². The lowest BCUT2D eigenvalue weighted by molar-refractivity contribution is -0.113. The van der Waals surface area contributed by atoms with E-state index in [0.29, 0.717) is 0 Å². The normalized spacial score (nSPS) is 12.0. The van der Waals surface area contributed by atoms with Crippen LogP contribution in [-0.2, 0) is 9.54 Å². The summed E-state index contributed by atoms with van der Waals surface area (Å²) in [5.41, 5.74) is 2.21. The van der Waals surface area contributed by atoms with Gasteiger partial charge in [-0.3, -0.25) is 4.79 Å². The maximum Gasteiger partial charge on any atom is 0.155 e. The van der Waals surface area contributed by atoms with Gasteiger partial charge < -0.3 is 0 Å². The monoisotopic (exact) mass is 304 g/mol. The lowest BCUT2D eigenvalue weighted by Gasteiger charge is -2.22. The van der Waals surface area contributed by atoms with Gasteiger partial charge in [0.25, 0.3) is 0 Å². The first-order chi connectivity index (χ1) is 9.85. The summed E-state index contributed by atoms with van der Waals surface area (Å²) in [4.78, 5) is 10.6. The fraction of sp³-hybridized carbons (Fsp3) is 0.421. The number of rotatable bonds is 5. The Labute approximate surface area is 134 Å². The maximum atomic E-state index is 10.6. The molecule has 116 valence electrons. The van der Waals surface area contributed by atoms with Gasteiger partial charge in [-0.05, 0) is 51.5 Å². The van der Waals surface area contributed by atoms with E-state index in [2.05, 4.69) is 57.4 Å². The summed E-state index contributed by atoms with van der Waals surface area (Å²) in [5.74, 6) is 0.140. The summed E-state index contributed by atoms with van der Waals surface area (Å²) in [5, 5.41) is 0. The summed E-state index contributed by atoms with van der Waals surface area (Å²) >= 11 is 1.88. The van der Waals surface area contributed by atoms with Crippen LogP contribution in [0.1, 0.15) is 46.6 Å². The number of carbonyl (C=O) groups is 1. The van der Waals surface area contributed by atoms with Crippen molar-refractivity contribution in [3.05, 3.63) is 59.7 Å². The van der Waals surface area contributed by atoms with Crippen LogP contribution in [0.3, 0.4) is 0 Å². The van der Waals surface area contributed by atoms with Gasteiger partial charge in [-0.2, -0.15) is 11.8 Å². The molecule has 2 heteroatoms. The molecule has 0 radical (unpaired) electrons. The van der Waals surface area contributed by atoms with E-state index < -0.39 is 0 Å². The van der Waals surface area contributed by atoms with E-state index in [0.717, 1.165) is 12.0 Å². The number of carbonyl (C=O) groups excluding carboxylic acids is 1. The summed E-state index contributed by atoms with van der Waals surface area (Å²) in [6, 6.07) is 10.6. The first-order valence-electron chi connectivity index (χ1n) is 7.30. The molecular weight excluding hydrogens is 276 g/mol. The molecule has 0 aromatic heterocycles. The van der Waals surface area contributed by atoms with E-state index >= 15 is 0 Å². The molecule has 0 heterocycles. The molecule has 0 saturated heterocycles. The van der Waals surface area contributed by atoms with Crippen LogP contribution in [0.15, 0.2) is 54.1 Å². The Morgan fingerprint density at radius 2 is 1.76 bits per heavy atom. The van der Waals surface area contributed by atoms with Gasteiger partial charge in [0.15, 0.2) is 5.78 Å². The predicted molar refractivity (Wildman–Crippen MR) is 96.9 cm³/mol. The molecule has 0 aliphatic heterocycles. The number of Topliss-reactive ketones (excluding diaryl/α,β-unsaturated/α-hetero) is 1. The van der Waals surface area contributed by atoms with Crippen molar-refractivity contribution in [1.29, 1.82) is 0 Å². The van der Waals surface area contributed by atoms with Crippen molar-refractivity contribution in [2.24, 2.45) is 0 Å². The van der Waals surface area contributed by atoms with Gasteiger partial charge in [-0.15, -0.1) is 0 Å². The van der Waals surface area contributed by atoms with Gasteiger partial charge in [-0.1, -0.05) is 55.5 Å². The maximum absolute atomic E-state index is 10.6. The Hall–Kier alpha value is -1.28. The fourth-order valence-corrected chi connectivity index (χ4v) is 1.79. The molecule has 0 unspecified atom stereocenters. The van der Waals surface area contributed by atoms with Crippen LogP contribution < -0.4 is 0 Å². The number of hydrogen-bond donors (Lipinski definition) is 0. The minimum Gasteiger partial charge on any atom is -0.295 e. The van der Waals surface area contributed by atoms with Gasteiger partial charge in [0.05, 0.1) is 0 Å². The second-order valence-electron chi connectivity index (χ2n) is 5.32. The first-order valence-corrected chi connectivity index (χ1v) is 8.52. The summed E-state index contributed by atoms with van der Waals surface area (Å²) < 4.78 is 0.251. The van der Waals surface area contributed by atoms with Gasteiger partial charge in [0.2, 0.25) is 0 Å². The van der Waals surface area contributed by atoms with Crippen molar-refractivity contribution in [3.8, 4) is 0 Å². The Morgan fingerprint density at radius 1 is 1.19 bits per heavy atom. The molecule has 0 spiro atoms. The zero-order valence-electron chi connectivity index (χ0n) is 14.1. The van der Waals surface area contributed by atoms with E-state index in [1.165, 1.54) is 5.56 Å². The average Bonchev–Trinajstić information content (AvgIpc) is 2.49. The molecule has 0 N–H and O–H groups in total. The number of ketones is 1. The van der Waals surface area contributed by atoms with Crippen LogP contribution in [0.25, 0.3) is 0 Å². The van der Waals surface area contributed by atoms with Crippen LogP contribution in [-0.4, -0.2) is 12.0 Å². The highest BCUT2D eigenvalue weighted by Gasteiger charge is 2.17. The van der Waals surface area contributed by atoms with Gasteiger partial charge in [0, 0.05) is 4.75 Å². The third-order valence-corrected chi connectivity index (χ3v) is 4.51. The molecule has 1 aromatic rings. The highest BCUT2D eigenvalue weighted by molar-refractivity contribution is 7.99. The zero-order chi connectivity index (χ0) is 16.3. The quantitative estimate of drug-likeness (QED) is 0.507. The molecule has 0 bridgehead atoms. The third kappa shape index (κ3) is 8.56. The standard InChI is InChI=1S/C10H14S.C9H14O/c1-10(2,11-3)9-7-5-4-6-8-9;1-4-5-6-7-8(2)9(3)10/h4-8H,1-3H3;5-7H,4H2,1-3H3/b;6-5-,8-7+. The van der Waals surface area contributed by atoms with Crippen LogP contribution >= 0.6 is 11.8 Å². The van der Waals surface area contributed by atoms with E-state index in [4.69, 9.17) is 0 Å². The van der Waals surface area contributed by atoms with Crippen molar-refractivity contribution in [3.63, 3.8) is 0 Å². The Kier molecular flexibility index (Phi) is 9.81. The number of benzene rings is 1. The molecule has 0 fully saturated rings. The molecule has 1 nitrogen and oxygen atoms in total. The van der Waals surface area contributed by atoms with Crippen LogP contribution in [0, 0.1) is 0 Å². The summed E-state index contributed by atoms with van der Waals surface area (Å²) in [6.45, 7) is 9.95. The van der Waals surface area contributed by atoms with Crippen molar-refractivity contribution in [2.45, 2.75) is 45.8 Å². The minimum absolute atomic E-state index is 0.140. The van der Waals surface area contributed by atoms with Crippen molar-refractivity contribution in [2.75, 3.05) is 6.26 Å². The third-order valence-electron chi connectivity index (χ3n) is 3.25. The molecule has 1 aromatic carbocycles. The van der Waals surface area contributed by atoms with Gasteiger partial charge in [-0.25, -0.2) is 0 Å². The second-order valence-corrected chi connectivity index (χ2v) is 6.75. The topological polar surface area (TPSA) is 17.1 Å². The molecule has 0 aliphatic carbocycles. The fourth-order valence-electron chi connectivity index (χ4n) is 1.42. The number of thioether (sulfide) groups is 1. The lowest BCUT2D eigenvalue weighted by Crippen LogP contribution is -2.10. The van der Waals surface area contributed by atoms with E-state index in [1.54, 1.807) is 6.92 Å². The number of hydrogen-bond acceptors (Lipinski definition) is 2. The van der Waals surface area contributed by atoms with Gasteiger partial charge >= 0.3 is 0 Å². The molecule has 0 saturated carbocycles. The summed E-state index contributed by atoms with van der Waals surface area (Å²) in [6.07, 6.45) is 8.93. The molecule has 0 atom stereocenters. The minimum atomic E-state index is 0.140. The Balaban J connectivity index is 0.000000384. The van der Waals surface area contributed by atoms with Crippen molar-refractivity contribution in [1.82, 2.24) is 0 Å². The largest absolute Gasteiger partial charge is 0.295 e. The smallest absolute Gasteiger partial charge is 0.155 e. The van der Waals surface area contributed by atoms with E-state index in [-0.39, 0.29) is 10.5 Å². The average molecular weight is 304 g/mol. The molecule has 1 rings (SSSR count). The molecule has 0 aliphatic rings. The number of allylic oxidation sites excluding steroid dienone is 4. The predicted octanol–water partition coefficient (Wildman–Crippen LogP) is 5.77. The highest BCUT2D eigenvalue weighted by atomic mass is 32.2. The summed E-state index contributed by atoms with van der Waals surface area (Å²) in [7, 11) is 0. The van der Waals surface area contributed by atoms with E-state index in [1.807, 2.05) is 36.9 Å². The molecule has 0 amide bonds. The zero-order valence-corrected chi connectivity index (χ0v) is 15.0. The Bertz CT molecular complexity index is 470. The Morgan fingerprint density at radius 3 is 2.19 bits per heavy atom. The van der Waals surface area contributed by atoms with E-state index in [9.17, 15) is 4.79 Å². The second kappa shape index (κ2) is 10.4. The first kappa shape index (κ1) is 19.7. The van der Waals surface area contributed by atoms with Crippen LogP contribution in [0.2, 0.25) is 0 Å². The SMILES string of the molecule is CC/C=C\C=C(/C)C(C)=O.CSC(C)(C)c1ccccc1. The van der Waals surface area contributed by atoms with Crippen molar-refractivity contribution >= 4 is 17.5 Å².